The zero-order valence-electron chi connectivity index (χ0n) is 11.3. The van der Waals surface area contributed by atoms with Crippen molar-refractivity contribution < 1.29 is 14.7 Å². The highest BCUT2D eigenvalue weighted by Crippen LogP contribution is 2.25. The molecule has 0 aromatic rings. The van der Waals surface area contributed by atoms with Gasteiger partial charge in [0.05, 0.1) is 6.42 Å². The molecule has 1 rings (SSSR count). The normalized spacial score (nSPS) is 18.9. The first-order chi connectivity index (χ1) is 8.61. The number of carboxylic acids is 1. The minimum absolute atomic E-state index is 0.0207. The first-order valence-corrected chi connectivity index (χ1v) is 7.13. The van der Waals surface area contributed by atoms with E-state index in [1.54, 1.807) is 0 Å². The van der Waals surface area contributed by atoms with E-state index in [9.17, 15) is 9.59 Å². The first-order valence-electron chi connectivity index (χ1n) is 7.13. The lowest BCUT2D eigenvalue weighted by atomic mass is 9.96. The number of carbonyl (C=O) groups is 2. The van der Waals surface area contributed by atoms with E-state index >= 15 is 0 Å². The molecule has 4 nitrogen and oxygen atoms in total. The summed E-state index contributed by atoms with van der Waals surface area (Å²) in [5, 5.41) is 11.6. The molecule has 0 bridgehead atoms. The van der Waals surface area contributed by atoms with Crippen LogP contribution in [0.2, 0.25) is 0 Å². The van der Waals surface area contributed by atoms with Gasteiger partial charge in [-0.2, -0.15) is 0 Å². The molecule has 18 heavy (non-hydrogen) atoms. The van der Waals surface area contributed by atoms with Crippen molar-refractivity contribution in [2.75, 3.05) is 0 Å². The molecule has 1 aliphatic rings. The lowest BCUT2D eigenvalue weighted by Crippen LogP contribution is -2.36. The van der Waals surface area contributed by atoms with Crippen molar-refractivity contribution >= 4 is 11.9 Å². The maximum atomic E-state index is 11.9. The van der Waals surface area contributed by atoms with E-state index in [0.29, 0.717) is 18.8 Å². The number of aliphatic carboxylic acids is 1. The van der Waals surface area contributed by atoms with Crippen LogP contribution >= 0.6 is 0 Å². The molecule has 1 atom stereocenters. The van der Waals surface area contributed by atoms with Crippen LogP contribution in [-0.2, 0) is 9.59 Å². The molecular weight excluding hydrogens is 230 g/mol. The van der Waals surface area contributed by atoms with Gasteiger partial charge in [-0.15, -0.1) is 0 Å². The molecule has 1 saturated carbocycles. The van der Waals surface area contributed by atoms with Crippen molar-refractivity contribution in [3.63, 3.8) is 0 Å². The van der Waals surface area contributed by atoms with Crippen molar-refractivity contribution in [3.05, 3.63) is 0 Å². The smallest absolute Gasteiger partial charge is 0.305 e. The van der Waals surface area contributed by atoms with Crippen LogP contribution in [0, 0.1) is 5.92 Å². The Bertz CT molecular complexity index is 270. The van der Waals surface area contributed by atoms with Crippen LogP contribution in [0.25, 0.3) is 0 Å². The Kier molecular flexibility index (Phi) is 6.76. The fourth-order valence-corrected chi connectivity index (χ4v) is 2.63. The molecule has 1 fully saturated rings. The van der Waals surface area contributed by atoms with Gasteiger partial charge in [0.25, 0.3) is 0 Å². The van der Waals surface area contributed by atoms with Gasteiger partial charge in [0, 0.05) is 12.5 Å². The molecule has 1 aliphatic carbocycles. The van der Waals surface area contributed by atoms with E-state index in [2.05, 4.69) is 5.32 Å². The van der Waals surface area contributed by atoms with Crippen molar-refractivity contribution in [1.29, 1.82) is 0 Å². The van der Waals surface area contributed by atoms with Crippen molar-refractivity contribution in [2.45, 2.75) is 70.8 Å². The van der Waals surface area contributed by atoms with Crippen LogP contribution in [0.1, 0.15) is 64.7 Å². The number of hydrogen-bond acceptors (Lipinski definition) is 2. The van der Waals surface area contributed by atoms with Crippen molar-refractivity contribution in [3.8, 4) is 0 Å². The molecule has 2 N–H and O–H groups in total. The number of nitrogens with one attached hydrogen (secondary N) is 1. The summed E-state index contributed by atoms with van der Waals surface area (Å²) in [7, 11) is 0. The molecule has 4 heteroatoms. The van der Waals surface area contributed by atoms with Gasteiger partial charge in [-0.05, 0) is 25.2 Å². The third-order valence-corrected chi connectivity index (χ3v) is 3.73. The Labute approximate surface area is 109 Å². The molecule has 0 heterocycles. The summed E-state index contributed by atoms with van der Waals surface area (Å²) in [5.41, 5.74) is 0. The highest BCUT2D eigenvalue weighted by atomic mass is 16.4. The first kappa shape index (κ1) is 15.0. The van der Waals surface area contributed by atoms with E-state index in [-0.39, 0.29) is 18.4 Å². The summed E-state index contributed by atoms with van der Waals surface area (Å²) in [6.45, 7) is 1.90. The Morgan fingerprint density at radius 1 is 1.22 bits per heavy atom. The number of carboxylic acid groups (broad SMARTS) is 1. The van der Waals surface area contributed by atoms with Crippen LogP contribution in [0.4, 0.5) is 0 Å². The molecule has 0 spiro atoms. The number of carbonyl (C=O) groups excluding carboxylic acids is 1. The molecule has 0 saturated heterocycles. The van der Waals surface area contributed by atoms with Gasteiger partial charge in [0.1, 0.15) is 0 Å². The summed E-state index contributed by atoms with van der Waals surface area (Å²) < 4.78 is 0. The standard InChI is InChI=1S/C14H25NO3/c1-2-12(10-14(17)18)15-13(16)9-11-7-5-3-4-6-8-11/h11-12H,2-10H2,1H3,(H,15,16)(H,17,18). The molecule has 0 aromatic carbocycles. The van der Waals surface area contributed by atoms with E-state index in [0.717, 1.165) is 12.8 Å². The summed E-state index contributed by atoms with van der Waals surface area (Å²) in [6.07, 6.45) is 8.57. The van der Waals surface area contributed by atoms with Crippen LogP contribution in [0.5, 0.6) is 0 Å². The minimum Gasteiger partial charge on any atom is -0.481 e. The second-order valence-corrected chi connectivity index (χ2v) is 5.33. The van der Waals surface area contributed by atoms with Gasteiger partial charge >= 0.3 is 5.97 Å². The number of rotatable bonds is 6. The van der Waals surface area contributed by atoms with E-state index in [1.165, 1.54) is 25.7 Å². The average Bonchev–Trinajstić information content (AvgIpc) is 2.56. The van der Waals surface area contributed by atoms with E-state index < -0.39 is 5.97 Å². The largest absolute Gasteiger partial charge is 0.481 e. The van der Waals surface area contributed by atoms with Crippen molar-refractivity contribution in [2.24, 2.45) is 5.92 Å². The summed E-state index contributed by atoms with van der Waals surface area (Å²) in [5.74, 6) is -0.332. The molecule has 1 unspecified atom stereocenters. The zero-order valence-corrected chi connectivity index (χ0v) is 11.3. The van der Waals surface area contributed by atoms with E-state index in [1.807, 2.05) is 6.92 Å². The van der Waals surface area contributed by atoms with Gasteiger partial charge in [-0.1, -0.05) is 32.6 Å². The van der Waals surface area contributed by atoms with Crippen LogP contribution in [-0.4, -0.2) is 23.0 Å². The highest BCUT2D eigenvalue weighted by molar-refractivity contribution is 5.77. The van der Waals surface area contributed by atoms with E-state index in [4.69, 9.17) is 5.11 Å². The molecular formula is C14H25NO3. The monoisotopic (exact) mass is 255 g/mol. The van der Waals surface area contributed by atoms with Crippen LogP contribution < -0.4 is 5.32 Å². The van der Waals surface area contributed by atoms with Gasteiger partial charge in [0.2, 0.25) is 5.91 Å². The van der Waals surface area contributed by atoms with Crippen molar-refractivity contribution in [1.82, 2.24) is 5.32 Å². The Balaban J connectivity index is 2.32. The van der Waals surface area contributed by atoms with Gasteiger partial charge in [-0.25, -0.2) is 0 Å². The summed E-state index contributed by atoms with van der Waals surface area (Å²) >= 11 is 0. The molecule has 1 amide bonds. The highest BCUT2D eigenvalue weighted by Gasteiger charge is 2.19. The number of hydrogen-bond donors (Lipinski definition) is 2. The summed E-state index contributed by atoms with van der Waals surface area (Å²) in [4.78, 5) is 22.5. The topological polar surface area (TPSA) is 66.4 Å². The third kappa shape index (κ3) is 6.03. The molecule has 0 aromatic heterocycles. The molecule has 104 valence electrons. The fourth-order valence-electron chi connectivity index (χ4n) is 2.63. The zero-order chi connectivity index (χ0) is 13.4. The maximum Gasteiger partial charge on any atom is 0.305 e. The minimum atomic E-state index is -0.850. The predicted molar refractivity (Wildman–Crippen MR) is 70.3 cm³/mol. The van der Waals surface area contributed by atoms with Crippen LogP contribution in [0.3, 0.4) is 0 Å². The second kappa shape index (κ2) is 8.11. The molecule has 0 aliphatic heterocycles. The van der Waals surface area contributed by atoms with Gasteiger partial charge in [0.15, 0.2) is 0 Å². The quantitative estimate of drug-likeness (QED) is 0.717. The summed E-state index contributed by atoms with van der Waals surface area (Å²) in [6, 6.07) is -0.222. The average molecular weight is 255 g/mol. The maximum absolute atomic E-state index is 11.9. The SMILES string of the molecule is CCC(CC(=O)O)NC(=O)CC1CCCCCC1. The predicted octanol–water partition coefficient (Wildman–Crippen LogP) is 2.72. The lowest BCUT2D eigenvalue weighted by molar-refractivity contribution is -0.137. The third-order valence-electron chi connectivity index (χ3n) is 3.73. The molecule has 0 radical (unpaired) electrons. The van der Waals surface area contributed by atoms with Crippen LogP contribution in [0.15, 0.2) is 0 Å². The van der Waals surface area contributed by atoms with Gasteiger partial charge in [-0.3, -0.25) is 9.59 Å². The Morgan fingerprint density at radius 2 is 1.83 bits per heavy atom. The Hall–Kier alpha value is -1.06. The Morgan fingerprint density at radius 3 is 2.33 bits per heavy atom. The number of amides is 1. The van der Waals surface area contributed by atoms with Gasteiger partial charge < -0.3 is 10.4 Å². The fraction of sp³-hybridized carbons (Fsp3) is 0.857. The lowest BCUT2D eigenvalue weighted by Gasteiger charge is -2.18. The second-order valence-electron chi connectivity index (χ2n) is 5.33.